The Balaban J connectivity index is 2.01. The molecule has 1 aliphatic rings. The lowest BCUT2D eigenvalue weighted by atomic mass is 10.1. The van der Waals surface area contributed by atoms with Crippen LogP contribution in [0.4, 0.5) is 8.78 Å². The number of hydrogen-bond acceptors (Lipinski definition) is 3. The fraction of sp³-hybridized carbons (Fsp3) is 0.571. The maximum absolute atomic E-state index is 13.6. The smallest absolute Gasteiger partial charge is 0.162 e. The second kappa shape index (κ2) is 6.46. The number of aliphatic hydroxyl groups is 1. The van der Waals surface area contributed by atoms with E-state index in [2.05, 4.69) is 13.8 Å². The molecule has 0 bridgehead atoms. The van der Waals surface area contributed by atoms with Crippen molar-refractivity contribution in [3.05, 3.63) is 35.4 Å². The summed E-state index contributed by atoms with van der Waals surface area (Å²) in [6, 6.07) is 4.11. The number of aliphatic hydroxyl groups excluding tert-OH is 1. The summed E-state index contributed by atoms with van der Waals surface area (Å²) in [5, 5.41) is 11.3. The Hall–Kier alpha value is -0.260. The van der Waals surface area contributed by atoms with Crippen molar-refractivity contribution in [2.45, 2.75) is 42.1 Å². The molecule has 19 heavy (non-hydrogen) atoms. The van der Waals surface area contributed by atoms with E-state index in [0.29, 0.717) is 10.5 Å². The molecule has 4 unspecified atom stereocenters. The van der Waals surface area contributed by atoms with Crippen LogP contribution in [0.1, 0.15) is 19.4 Å². The van der Waals surface area contributed by atoms with Gasteiger partial charge < -0.3 is 5.11 Å². The first-order valence-electron chi connectivity index (χ1n) is 6.37. The standard InChI is InChI=1S/C14H18F2OS2/c1-8-9(2)19-13(7-18-8)12(17)6-10-4-3-5-11(15)14(10)16/h3-5,8-9,12-13,17H,6-7H2,1-2H3. The number of halogens is 2. The van der Waals surface area contributed by atoms with Crippen molar-refractivity contribution >= 4 is 23.5 Å². The van der Waals surface area contributed by atoms with Crippen LogP contribution in [0, 0.1) is 11.6 Å². The van der Waals surface area contributed by atoms with Gasteiger partial charge in [-0.05, 0) is 11.6 Å². The number of benzene rings is 1. The highest BCUT2D eigenvalue weighted by Crippen LogP contribution is 2.37. The molecule has 2 rings (SSSR count). The molecule has 1 nitrogen and oxygen atoms in total. The Morgan fingerprint density at radius 2 is 2.05 bits per heavy atom. The van der Waals surface area contributed by atoms with Crippen molar-refractivity contribution in [2.24, 2.45) is 0 Å². The summed E-state index contributed by atoms with van der Waals surface area (Å²) in [5.41, 5.74) is 0.254. The van der Waals surface area contributed by atoms with Gasteiger partial charge in [-0.3, -0.25) is 0 Å². The van der Waals surface area contributed by atoms with Crippen LogP contribution in [-0.2, 0) is 6.42 Å². The van der Waals surface area contributed by atoms with Gasteiger partial charge in [-0.15, -0.1) is 0 Å². The fourth-order valence-corrected chi connectivity index (χ4v) is 5.09. The van der Waals surface area contributed by atoms with Crippen LogP contribution in [0.25, 0.3) is 0 Å². The van der Waals surface area contributed by atoms with Gasteiger partial charge in [0.2, 0.25) is 0 Å². The summed E-state index contributed by atoms with van der Waals surface area (Å²) in [7, 11) is 0. The van der Waals surface area contributed by atoms with Crippen LogP contribution in [0.3, 0.4) is 0 Å². The molecule has 0 radical (unpaired) electrons. The van der Waals surface area contributed by atoms with E-state index < -0.39 is 17.7 Å². The lowest BCUT2D eigenvalue weighted by Gasteiger charge is -2.33. The monoisotopic (exact) mass is 304 g/mol. The van der Waals surface area contributed by atoms with Crippen molar-refractivity contribution in [3.63, 3.8) is 0 Å². The van der Waals surface area contributed by atoms with E-state index in [0.717, 1.165) is 11.8 Å². The average Bonchev–Trinajstić information content (AvgIpc) is 2.38. The molecule has 1 aliphatic heterocycles. The summed E-state index contributed by atoms with van der Waals surface area (Å²) in [5.74, 6) is -0.831. The first kappa shape index (κ1) is 15.1. The Labute approximate surface area is 121 Å². The van der Waals surface area contributed by atoms with E-state index in [1.807, 2.05) is 11.8 Å². The van der Waals surface area contributed by atoms with E-state index in [1.165, 1.54) is 12.1 Å². The van der Waals surface area contributed by atoms with Gasteiger partial charge in [0.05, 0.1) is 6.10 Å². The van der Waals surface area contributed by atoms with E-state index in [1.54, 1.807) is 11.8 Å². The molecule has 1 heterocycles. The molecule has 1 aromatic rings. The summed E-state index contributed by atoms with van der Waals surface area (Å²) in [4.78, 5) is 0. The molecule has 0 spiro atoms. The largest absolute Gasteiger partial charge is 0.392 e. The fourth-order valence-electron chi connectivity index (χ4n) is 2.07. The molecule has 1 saturated heterocycles. The second-order valence-corrected chi connectivity index (χ2v) is 7.93. The maximum atomic E-state index is 13.6. The molecule has 0 amide bonds. The van der Waals surface area contributed by atoms with Crippen LogP contribution in [0.15, 0.2) is 18.2 Å². The van der Waals surface area contributed by atoms with E-state index in [-0.39, 0.29) is 17.2 Å². The zero-order valence-electron chi connectivity index (χ0n) is 11.0. The molecule has 4 atom stereocenters. The Morgan fingerprint density at radius 3 is 2.74 bits per heavy atom. The first-order valence-corrected chi connectivity index (χ1v) is 8.36. The van der Waals surface area contributed by atoms with E-state index in [9.17, 15) is 13.9 Å². The third-order valence-corrected chi connectivity index (χ3v) is 7.00. The SMILES string of the molecule is CC1SCC(C(O)Cc2cccc(F)c2F)SC1C. The topological polar surface area (TPSA) is 20.2 Å². The third-order valence-electron chi connectivity index (χ3n) is 3.46. The molecular weight excluding hydrogens is 286 g/mol. The lowest BCUT2D eigenvalue weighted by molar-refractivity contribution is 0.175. The van der Waals surface area contributed by atoms with Crippen molar-refractivity contribution < 1.29 is 13.9 Å². The molecule has 0 aliphatic carbocycles. The van der Waals surface area contributed by atoms with Crippen molar-refractivity contribution in [2.75, 3.05) is 5.75 Å². The normalized spacial score (nSPS) is 29.2. The molecule has 1 aromatic carbocycles. The molecular formula is C14H18F2OS2. The molecule has 5 heteroatoms. The van der Waals surface area contributed by atoms with Gasteiger partial charge in [0.15, 0.2) is 11.6 Å². The van der Waals surface area contributed by atoms with Crippen LogP contribution in [0.2, 0.25) is 0 Å². The Bertz CT molecular complexity index is 441. The highest BCUT2D eigenvalue weighted by molar-refractivity contribution is 8.07. The zero-order chi connectivity index (χ0) is 14.0. The van der Waals surface area contributed by atoms with E-state index in [4.69, 9.17) is 0 Å². The lowest BCUT2D eigenvalue weighted by Crippen LogP contribution is -2.35. The molecule has 0 saturated carbocycles. The van der Waals surface area contributed by atoms with Crippen LogP contribution in [-0.4, -0.2) is 32.7 Å². The molecule has 1 fully saturated rings. The number of rotatable bonds is 3. The summed E-state index contributed by atoms with van der Waals surface area (Å²) < 4.78 is 26.7. The third kappa shape index (κ3) is 3.64. The minimum absolute atomic E-state index is 0.0823. The zero-order valence-corrected chi connectivity index (χ0v) is 12.6. The van der Waals surface area contributed by atoms with Crippen molar-refractivity contribution in [1.82, 2.24) is 0 Å². The summed E-state index contributed by atoms with van der Waals surface area (Å²) in [6.07, 6.45) is -0.466. The predicted molar refractivity (Wildman–Crippen MR) is 78.8 cm³/mol. The van der Waals surface area contributed by atoms with Crippen molar-refractivity contribution in [1.29, 1.82) is 0 Å². The highest BCUT2D eigenvalue weighted by Gasteiger charge is 2.30. The van der Waals surface area contributed by atoms with Gasteiger partial charge in [-0.25, -0.2) is 8.78 Å². The average molecular weight is 304 g/mol. The summed E-state index contributed by atoms with van der Waals surface area (Å²) in [6.45, 7) is 4.32. The quantitative estimate of drug-likeness (QED) is 0.923. The number of hydrogen-bond donors (Lipinski definition) is 1. The van der Waals surface area contributed by atoms with Crippen LogP contribution < -0.4 is 0 Å². The van der Waals surface area contributed by atoms with Gasteiger partial charge in [-0.1, -0.05) is 26.0 Å². The van der Waals surface area contributed by atoms with Crippen LogP contribution in [0.5, 0.6) is 0 Å². The minimum Gasteiger partial charge on any atom is -0.392 e. The first-order chi connectivity index (χ1) is 8.99. The Kier molecular flexibility index (Phi) is 5.15. The van der Waals surface area contributed by atoms with Gasteiger partial charge >= 0.3 is 0 Å². The van der Waals surface area contributed by atoms with Crippen LogP contribution >= 0.6 is 23.5 Å². The summed E-state index contributed by atoms with van der Waals surface area (Å²) >= 11 is 3.58. The second-order valence-electron chi connectivity index (χ2n) is 4.90. The van der Waals surface area contributed by atoms with Gasteiger partial charge in [0, 0.05) is 27.9 Å². The maximum Gasteiger partial charge on any atom is 0.162 e. The van der Waals surface area contributed by atoms with Gasteiger partial charge in [-0.2, -0.15) is 23.5 Å². The highest BCUT2D eigenvalue weighted by atomic mass is 32.2. The Morgan fingerprint density at radius 1 is 1.32 bits per heavy atom. The van der Waals surface area contributed by atoms with Gasteiger partial charge in [0.25, 0.3) is 0 Å². The molecule has 1 N–H and O–H groups in total. The number of thioether (sulfide) groups is 2. The minimum atomic E-state index is -0.850. The predicted octanol–water partition coefficient (Wildman–Crippen LogP) is 3.49. The molecule has 0 aromatic heterocycles. The van der Waals surface area contributed by atoms with E-state index >= 15 is 0 Å². The molecule has 106 valence electrons. The van der Waals surface area contributed by atoms with Gasteiger partial charge in [0.1, 0.15) is 0 Å². The van der Waals surface area contributed by atoms with Crippen molar-refractivity contribution in [3.8, 4) is 0 Å².